The number of hydrogen-bond donors (Lipinski definition) is 2. The monoisotopic (exact) mass is 358 g/mol. The minimum absolute atomic E-state index is 0.0585. The molecule has 0 atom stereocenters. The lowest BCUT2D eigenvalue weighted by atomic mass is 10.2. The molecule has 0 bridgehead atoms. The number of carbonyl (C=O) groups excluding carboxylic acids is 1. The summed E-state index contributed by atoms with van der Waals surface area (Å²) >= 11 is 1.64. The van der Waals surface area contributed by atoms with Crippen LogP contribution in [0.25, 0.3) is 11.0 Å². The SMILES string of the molecule is CC(C)c1csc(CCNC(=O)c2ccc3c(c2)ncn3CCO)n1. The smallest absolute Gasteiger partial charge is 0.251 e. The number of aromatic nitrogens is 3. The number of amides is 1. The first-order valence-electron chi connectivity index (χ1n) is 8.36. The van der Waals surface area contributed by atoms with E-state index in [1.165, 1.54) is 0 Å². The van der Waals surface area contributed by atoms with Gasteiger partial charge in [-0.25, -0.2) is 9.97 Å². The zero-order valence-electron chi connectivity index (χ0n) is 14.4. The van der Waals surface area contributed by atoms with Crippen molar-refractivity contribution in [2.45, 2.75) is 32.7 Å². The van der Waals surface area contributed by atoms with E-state index in [4.69, 9.17) is 5.11 Å². The van der Waals surface area contributed by atoms with Crippen molar-refractivity contribution in [3.05, 3.63) is 46.2 Å². The maximum absolute atomic E-state index is 12.3. The summed E-state index contributed by atoms with van der Waals surface area (Å²) in [5.74, 6) is 0.316. The van der Waals surface area contributed by atoms with Crippen LogP contribution in [0.15, 0.2) is 29.9 Å². The van der Waals surface area contributed by atoms with Gasteiger partial charge in [-0.3, -0.25) is 4.79 Å². The summed E-state index contributed by atoms with van der Waals surface area (Å²) in [5.41, 5.74) is 3.36. The molecule has 2 aromatic heterocycles. The van der Waals surface area contributed by atoms with Crippen molar-refractivity contribution in [2.24, 2.45) is 0 Å². The van der Waals surface area contributed by atoms with Gasteiger partial charge in [-0.2, -0.15) is 0 Å². The number of nitrogens with one attached hydrogen (secondary N) is 1. The molecule has 1 amide bonds. The molecule has 0 saturated heterocycles. The Labute approximate surface area is 150 Å². The molecule has 132 valence electrons. The van der Waals surface area contributed by atoms with Gasteiger partial charge < -0.3 is 15.0 Å². The largest absolute Gasteiger partial charge is 0.395 e. The Hall–Kier alpha value is -2.25. The lowest BCUT2D eigenvalue weighted by molar-refractivity contribution is 0.0954. The van der Waals surface area contributed by atoms with Gasteiger partial charge in [-0.05, 0) is 24.1 Å². The van der Waals surface area contributed by atoms with Gasteiger partial charge in [0.15, 0.2) is 0 Å². The van der Waals surface area contributed by atoms with E-state index in [1.807, 2.05) is 10.6 Å². The third-order valence-electron chi connectivity index (χ3n) is 4.01. The molecule has 0 aliphatic heterocycles. The van der Waals surface area contributed by atoms with Crippen molar-refractivity contribution in [3.8, 4) is 0 Å². The Balaban J connectivity index is 1.60. The molecular formula is C18H22N4O2S. The Morgan fingerprint density at radius 2 is 2.24 bits per heavy atom. The fraction of sp³-hybridized carbons (Fsp3) is 0.389. The van der Waals surface area contributed by atoms with Crippen LogP contribution in [-0.2, 0) is 13.0 Å². The third kappa shape index (κ3) is 4.05. The molecular weight excluding hydrogens is 336 g/mol. The fourth-order valence-electron chi connectivity index (χ4n) is 2.58. The number of benzene rings is 1. The normalized spacial score (nSPS) is 11.4. The predicted octanol–water partition coefficient (Wildman–Crippen LogP) is 2.58. The quantitative estimate of drug-likeness (QED) is 0.680. The highest BCUT2D eigenvalue weighted by atomic mass is 32.1. The molecule has 0 aliphatic rings. The first-order valence-corrected chi connectivity index (χ1v) is 9.24. The number of rotatable bonds is 7. The Kier molecular flexibility index (Phi) is 5.45. The highest BCUT2D eigenvalue weighted by Gasteiger charge is 2.10. The van der Waals surface area contributed by atoms with E-state index in [1.54, 1.807) is 29.8 Å². The Morgan fingerprint density at radius 3 is 2.96 bits per heavy atom. The molecule has 25 heavy (non-hydrogen) atoms. The first kappa shape index (κ1) is 17.6. The lowest BCUT2D eigenvalue weighted by Gasteiger charge is -2.05. The van der Waals surface area contributed by atoms with Crippen LogP contribution in [0.3, 0.4) is 0 Å². The summed E-state index contributed by atoms with van der Waals surface area (Å²) in [5, 5.41) is 15.1. The average Bonchev–Trinajstić information content (AvgIpc) is 3.22. The minimum Gasteiger partial charge on any atom is -0.395 e. The highest BCUT2D eigenvalue weighted by molar-refractivity contribution is 7.09. The van der Waals surface area contributed by atoms with Crippen LogP contribution in [0.4, 0.5) is 0 Å². The van der Waals surface area contributed by atoms with E-state index in [2.05, 4.69) is 34.5 Å². The summed E-state index contributed by atoms with van der Waals surface area (Å²) in [4.78, 5) is 21.2. The van der Waals surface area contributed by atoms with Gasteiger partial charge in [-0.1, -0.05) is 13.8 Å². The van der Waals surface area contributed by atoms with Crippen molar-refractivity contribution in [2.75, 3.05) is 13.2 Å². The summed E-state index contributed by atoms with van der Waals surface area (Å²) in [6, 6.07) is 5.43. The van der Waals surface area contributed by atoms with Crippen LogP contribution in [0.5, 0.6) is 0 Å². The number of imidazole rings is 1. The van der Waals surface area contributed by atoms with Crippen LogP contribution >= 0.6 is 11.3 Å². The van der Waals surface area contributed by atoms with Gasteiger partial charge in [0.2, 0.25) is 0 Å². The third-order valence-corrected chi connectivity index (χ3v) is 4.94. The minimum atomic E-state index is -0.112. The number of fused-ring (bicyclic) bond motifs is 1. The fourth-order valence-corrected chi connectivity index (χ4v) is 3.54. The maximum Gasteiger partial charge on any atom is 0.251 e. The molecule has 0 fully saturated rings. The van der Waals surface area contributed by atoms with Crippen LogP contribution in [0.1, 0.15) is 40.8 Å². The van der Waals surface area contributed by atoms with E-state index in [-0.39, 0.29) is 12.5 Å². The van der Waals surface area contributed by atoms with Crippen molar-refractivity contribution in [1.82, 2.24) is 19.9 Å². The zero-order valence-corrected chi connectivity index (χ0v) is 15.2. The van der Waals surface area contributed by atoms with E-state index < -0.39 is 0 Å². The van der Waals surface area contributed by atoms with Gasteiger partial charge >= 0.3 is 0 Å². The molecule has 7 heteroatoms. The molecule has 1 aromatic carbocycles. The number of nitrogens with zero attached hydrogens (tertiary/aromatic N) is 3. The molecule has 2 heterocycles. The lowest BCUT2D eigenvalue weighted by Crippen LogP contribution is -2.25. The van der Waals surface area contributed by atoms with Crippen LogP contribution < -0.4 is 5.32 Å². The topological polar surface area (TPSA) is 80.0 Å². The molecule has 3 rings (SSSR count). The molecule has 2 N–H and O–H groups in total. The second kappa shape index (κ2) is 7.76. The van der Waals surface area contributed by atoms with Gasteiger partial charge in [0, 0.05) is 30.5 Å². The van der Waals surface area contributed by atoms with Crippen LogP contribution in [-0.4, -0.2) is 38.7 Å². The highest BCUT2D eigenvalue weighted by Crippen LogP contribution is 2.18. The van der Waals surface area contributed by atoms with Crippen LogP contribution in [0, 0.1) is 0 Å². The number of carbonyl (C=O) groups is 1. The molecule has 0 spiro atoms. The number of thiazole rings is 1. The summed E-state index contributed by atoms with van der Waals surface area (Å²) in [6.45, 7) is 5.36. The van der Waals surface area contributed by atoms with Gasteiger partial charge in [0.25, 0.3) is 5.91 Å². The van der Waals surface area contributed by atoms with Crippen molar-refractivity contribution in [3.63, 3.8) is 0 Å². The number of aliphatic hydroxyl groups is 1. The first-order chi connectivity index (χ1) is 12.1. The van der Waals surface area contributed by atoms with Crippen molar-refractivity contribution >= 4 is 28.3 Å². The van der Waals surface area contributed by atoms with Crippen molar-refractivity contribution < 1.29 is 9.90 Å². The van der Waals surface area contributed by atoms with E-state index in [0.717, 1.165) is 28.2 Å². The van der Waals surface area contributed by atoms with Gasteiger partial charge in [0.05, 0.1) is 34.7 Å². The van der Waals surface area contributed by atoms with Gasteiger partial charge in [0.1, 0.15) is 0 Å². The predicted molar refractivity (Wildman–Crippen MR) is 99.1 cm³/mol. The maximum atomic E-state index is 12.3. The average molecular weight is 358 g/mol. The Bertz CT molecular complexity index is 869. The molecule has 0 saturated carbocycles. The van der Waals surface area contributed by atoms with Crippen LogP contribution in [0.2, 0.25) is 0 Å². The number of hydrogen-bond acceptors (Lipinski definition) is 5. The summed E-state index contributed by atoms with van der Waals surface area (Å²) in [6.07, 6.45) is 2.41. The van der Waals surface area contributed by atoms with Crippen molar-refractivity contribution in [1.29, 1.82) is 0 Å². The van der Waals surface area contributed by atoms with E-state index in [9.17, 15) is 4.79 Å². The van der Waals surface area contributed by atoms with E-state index in [0.29, 0.717) is 24.6 Å². The molecule has 0 aliphatic carbocycles. The molecule has 3 aromatic rings. The van der Waals surface area contributed by atoms with E-state index >= 15 is 0 Å². The molecule has 0 radical (unpaired) electrons. The summed E-state index contributed by atoms with van der Waals surface area (Å²) < 4.78 is 1.87. The second-order valence-corrected chi connectivity index (χ2v) is 7.13. The second-order valence-electron chi connectivity index (χ2n) is 6.19. The zero-order chi connectivity index (χ0) is 17.8. The summed E-state index contributed by atoms with van der Waals surface area (Å²) in [7, 11) is 0. The Morgan fingerprint density at radius 1 is 1.40 bits per heavy atom. The van der Waals surface area contributed by atoms with Gasteiger partial charge in [-0.15, -0.1) is 11.3 Å². The molecule has 0 unspecified atom stereocenters. The molecule has 6 nitrogen and oxygen atoms in total. The number of aliphatic hydroxyl groups excluding tert-OH is 1. The standard InChI is InChI=1S/C18H22N4O2S/c1-12(2)15-10-25-17(21-15)5-6-19-18(24)13-3-4-16-14(9-13)20-11-22(16)7-8-23/h3-4,9-12,23H,5-8H2,1-2H3,(H,19,24).